The summed E-state index contributed by atoms with van der Waals surface area (Å²) in [5.41, 5.74) is 12.3. The fourth-order valence-electron chi connectivity index (χ4n) is 5.81. The lowest BCUT2D eigenvalue weighted by atomic mass is 9.96. The molecule has 214 valence electrons. The lowest BCUT2D eigenvalue weighted by Crippen LogP contribution is -2.47. The normalized spacial score (nSPS) is 14.8. The van der Waals surface area contributed by atoms with Crippen molar-refractivity contribution in [1.29, 1.82) is 0 Å². The molecule has 0 aliphatic carbocycles. The number of hydrogen-bond donors (Lipinski definition) is 2. The van der Waals surface area contributed by atoms with Gasteiger partial charge in [-0.25, -0.2) is 0 Å². The Balaban J connectivity index is 1.23. The smallest absolute Gasteiger partial charge is 0.291 e. The van der Waals surface area contributed by atoms with E-state index in [1.807, 2.05) is 30.3 Å². The molecule has 9 heteroatoms. The Kier molecular flexibility index (Phi) is 7.39. The summed E-state index contributed by atoms with van der Waals surface area (Å²) in [5, 5.41) is 2.99. The van der Waals surface area contributed by atoms with Crippen LogP contribution < -0.4 is 20.9 Å². The van der Waals surface area contributed by atoms with Gasteiger partial charge in [0.2, 0.25) is 5.91 Å². The zero-order valence-electron chi connectivity index (χ0n) is 23.5. The number of amides is 3. The molecule has 4 aromatic rings. The van der Waals surface area contributed by atoms with Crippen molar-refractivity contribution in [2.24, 2.45) is 5.73 Å². The van der Waals surface area contributed by atoms with Gasteiger partial charge in [-0.1, -0.05) is 24.3 Å². The summed E-state index contributed by atoms with van der Waals surface area (Å²) < 4.78 is 5.32. The van der Waals surface area contributed by atoms with Gasteiger partial charge in [-0.15, -0.1) is 0 Å². The molecule has 2 aliphatic heterocycles. The number of carbonyl (C=O) groups is 3. The van der Waals surface area contributed by atoms with Gasteiger partial charge in [-0.3, -0.25) is 14.4 Å². The minimum absolute atomic E-state index is 0.121. The minimum atomic E-state index is -0.461. The van der Waals surface area contributed by atoms with Crippen molar-refractivity contribution in [3.05, 3.63) is 113 Å². The average Bonchev–Trinajstić information content (AvgIpc) is 3.56. The number of piperazine rings is 1. The number of benzene rings is 3. The third kappa shape index (κ3) is 5.45. The molecule has 0 saturated carbocycles. The summed E-state index contributed by atoms with van der Waals surface area (Å²) >= 11 is 0. The molecule has 1 aromatic heterocycles. The van der Waals surface area contributed by atoms with Crippen molar-refractivity contribution in [1.82, 2.24) is 4.90 Å². The van der Waals surface area contributed by atoms with Gasteiger partial charge in [0.05, 0.1) is 17.6 Å². The predicted octanol–water partition coefficient (Wildman–Crippen LogP) is 4.46. The molecule has 0 unspecified atom stereocenters. The van der Waals surface area contributed by atoms with Crippen molar-refractivity contribution < 1.29 is 18.8 Å². The topological polar surface area (TPSA) is 112 Å². The summed E-state index contributed by atoms with van der Waals surface area (Å²) in [6.45, 7) is 6.28. The Morgan fingerprint density at radius 1 is 0.786 bits per heavy atom. The van der Waals surface area contributed by atoms with E-state index in [9.17, 15) is 14.4 Å². The van der Waals surface area contributed by atoms with E-state index in [0.29, 0.717) is 36.3 Å². The van der Waals surface area contributed by atoms with Crippen molar-refractivity contribution in [2.75, 3.05) is 47.8 Å². The van der Waals surface area contributed by atoms with Crippen LogP contribution >= 0.6 is 0 Å². The maximum atomic E-state index is 13.7. The molecule has 6 rings (SSSR count). The number of carbonyl (C=O) groups excluding carboxylic acids is 3. The fraction of sp³-hybridized carbons (Fsp3) is 0.242. The van der Waals surface area contributed by atoms with Gasteiger partial charge in [0.25, 0.3) is 11.8 Å². The molecule has 0 atom stereocenters. The summed E-state index contributed by atoms with van der Waals surface area (Å²) in [6.07, 6.45) is 2.09. The van der Waals surface area contributed by atoms with Crippen molar-refractivity contribution >= 4 is 34.8 Å². The molecule has 3 N–H and O–H groups in total. The molecule has 1 fully saturated rings. The van der Waals surface area contributed by atoms with Gasteiger partial charge in [0, 0.05) is 56.1 Å². The highest BCUT2D eigenvalue weighted by molar-refractivity contribution is 6.05. The standard InChI is InChI=1S/C33H33N5O4/c1-22-5-2-3-6-28(22)36-14-16-37(17-15-36)29-11-10-25(20-27(29)35-32(40)30-7-4-18-42-30)33(41)38-13-12-23-19-24(31(34)39)8-9-26(23)21-38/h2-11,18-20H,12-17,21H2,1H3,(H2,34,39)(H,35,40). The lowest BCUT2D eigenvalue weighted by Gasteiger charge is -2.38. The van der Waals surface area contributed by atoms with Crippen LogP contribution in [0.25, 0.3) is 0 Å². The summed E-state index contributed by atoms with van der Waals surface area (Å²) in [6, 6.07) is 22.6. The number of hydrogen-bond acceptors (Lipinski definition) is 6. The first-order valence-corrected chi connectivity index (χ1v) is 14.1. The second kappa shape index (κ2) is 11.4. The van der Waals surface area contributed by atoms with Crippen LogP contribution in [0.1, 0.15) is 48.0 Å². The van der Waals surface area contributed by atoms with E-state index in [4.69, 9.17) is 10.2 Å². The summed E-state index contributed by atoms with van der Waals surface area (Å²) in [4.78, 5) is 44.7. The van der Waals surface area contributed by atoms with Crippen LogP contribution in [0.2, 0.25) is 0 Å². The van der Waals surface area contributed by atoms with E-state index in [-0.39, 0.29) is 17.6 Å². The third-order valence-electron chi connectivity index (χ3n) is 8.10. The Labute approximate surface area is 244 Å². The zero-order chi connectivity index (χ0) is 29.2. The van der Waals surface area contributed by atoms with Crippen LogP contribution in [0.15, 0.2) is 83.5 Å². The molecule has 0 bridgehead atoms. The Hall–Kier alpha value is -5.05. The molecule has 2 aliphatic rings. The number of anilines is 3. The molecular weight excluding hydrogens is 530 g/mol. The van der Waals surface area contributed by atoms with E-state index in [0.717, 1.165) is 43.0 Å². The van der Waals surface area contributed by atoms with Crippen LogP contribution in [0, 0.1) is 6.92 Å². The van der Waals surface area contributed by atoms with Crippen LogP contribution in [-0.4, -0.2) is 55.3 Å². The fourth-order valence-corrected chi connectivity index (χ4v) is 5.81. The third-order valence-corrected chi connectivity index (χ3v) is 8.10. The molecule has 3 heterocycles. The van der Waals surface area contributed by atoms with Gasteiger partial charge in [-0.05, 0) is 78.6 Å². The number of nitrogens with two attached hydrogens (primary N) is 1. The highest BCUT2D eigenvalue weighted by Crippen LogP contribution is 2.31. The molecular formula is C33H33N5O4. The van der Waals surface area contributed by atoms with E-state index in [2.05, 4.69) is 40.2 Å². The number of nitrogens with one attached hydrogen (secondary N) is 1. The number of para-hydroxylation sites is 1. The summed E-state index contributed by atoms with van der Waals surface area (Å²) in [7, 11) is 0. The van der Waals surface area contributed by atoms with Crippen molar-refractivity contribution in [3.8, 4) is 0 Å². The number of nitrogens with zero attached hydrogens (tertiary/aromatic N) is 3. The van der Waals surface area contributed by atoms with Crippen LogP contribution in [0.5, 0.6) is 0 Å². The van der Waals surface area contributed by atoms with Gasteiger partial charge >= 0.3 is 0 Å². The Morgan fingerprint density at radius 2 is 1.52 bits per heavy atom. The molecule has 3 aromatic carbocycles. The average molecular weight is 564 g/mol. The van der Waals surface area contributed by atoms with Crippen molar-refractivity contribution in [2.45, 2.75) is 19.9 Å². The number of furan rings is 1. The van der Waals surface area contributed by atoms with E-state index in [1.165, 1.54) is 17.5 Å². The highest BCUT2D eigenvalue weighted by Gasteiger charge is 2.26. The Bertz CT molecular complexity index is 1640. The zero-order valence-corrected chi connectivity index (χ0v) is 23.5. The van der Waals surface area contributed by atoms with Gasteiger partial charge in [0.15, 0.2) is 5.76 Å². The first-order valence-electron chi connectivity index (χ1n) is 14.1. The summed E-state index contributed by atoms with van der Waals surface area (Å²) in [5.74, 6) is -0.757. The van der Waals surface area contributed by atoms with Crippen LogP contribution in [0.4, 0.5) is 17.1 Å². The van der Waals surface area contributed by atoms with Gasteiger partial charge < -0.3 is 30.2 Å². The molecule has 9 nitrogen and oxygen atoms in total. The number of rotatable bonds is 6. The first kappa shape index (κ1) is 27.1. The molecule has 3 amide bonds. The number of aryl methyl sites for hydroxylation is 1. The van der Waals surface area contributed by atoms with Gasteiger partial charge in [-0.2, -0.15) is 0 Å². The molecule has 0 radical (unpaired) electrons. The van der Waals surface area contributed by atoms with Crippen LogP contribution in [-0.2, 0) is 13.0 Å². The van der Waals surface area contributed by atoms with E-state index in [1.54, 1.807) is 29.2 Å². The van der Waals surface area contributed by atoms with E-state index < -0.39 is 5.91 Å². The highest BCUT2D eigenvalue weighted by atomic mass is 16.3. The maximum absolute atomic E-state index is 13.7. The number of fused-ring (bicyclic) bond motifs is 1. The molecule has 1 saturated heterocycles. The Morgan fingerprint density at radius 3 is 2.24 bits per heavy atom. The SMILES string of the molecule is Cc1ccccc1N1CCN(c2ccc(C(=O)N3CCc4cc(C(N)=O)ccc4C3)cc2NC(=O)c2ccco2)CC1. The van der Waals surface area contributed by atoms with Crippen LogP contribution in [0.3, 0.4) is 0 Å². The maximum Gasteiger partial charge on any atom is 0.291 e. The monoisotopic (exact) mass is 563 g/mol. The first-order chi connectivity index (χ1) is 20.4. The second-order valence-corrected chi connectivity index (χ2v) is 10.7. The largest absolute Gasteiger partial charge is 0.459 e. The second-order valence-electron chi connectivity index (χ2n) is 10.7. The molecule has 0 spiro atoms. The quantitative estimate of drug-likeness (QED) is 0.358. The van der Waals surface area contributed by atoms with E-state index >= 15 is 0 Å². The predicted molar refractivity (Wildman–Crippen MR) is 162 cm³/mol. The number of primary amides is 1. The van der Waals surface area contributed by atoms with Crippen molar-refractivity contribution in [3.63, 3.8) is 0 Å². The van der Waals surface area contributed by atoms with Gasteiger partial charge in [0.1, 0.15) is 0 Å². The molecule has 42 heavy (non-hydrogen) atoms. The minimum Gasteiger partial charge on any atom is -0.459 e. The lowest BCUT2D eigenvalue weighted by molar-refractivity contribution is 0.0734.